The lowest BCUT2D eigenvalue weighted by molar-refractivity contribution is -0.115. The maximum Gasteiger partial charge on any atom is 0.238 e. The van der Waals surface area contributed by atoms with Crippen molar-refractivity contribution in [2.75, 3.05) is 5.32 Å². The molecule has 9 heteroatoms. The van der Waals surface area contributed by atoms with Crippen molar-refractivity contribution in [2.24, 2.45) is 5.14 Å². The zero-order chi connectivity index (χ0) is 22.0. The van der Waals surface area contributed by atoms with Gasteiger partial charge in [-0.1, -0.05) is 30.7 Å². The molecule has 8 nitrogen and oxygen atoms in total. The number of nitrogens with zero attached hydrogens (tertiary/aromatic N) is 3. The van der Waals surface area contributed by atoms with Gasteiger partial charge in [0.1, 0.15) is 5.82 Å². The summed E-state index contributed by atoms with van der Waals surface area (Å²) < 4.78 is 24.9. The monoisotopic (exact) mass is 439 g/mol. The van der Waals surface area contributed by atoms with Gasteiger partial charge in [0.15, 0.2) is 5.82 Å². The summed E-state index contributed by atoms with van der Waals surface area (Å²) in [5, 5.41) is 16.8. The summed E-state index contributed by atoms with van der Waals surface area (Å²) in [5.74, 6) is 1.65. The molecule has 3 N–H and O–H groups in total. The third kappa shape index (κ3) is 4.83. The number of amides is 1. The van der Waals surface area contributed by atoms with Crippen LogP contribution in [0.1, 0.15) is 36.2 Å². The molecule has 4 rings (SSSR count). The van der Waals surface area contributed by atoms with Gasteiger partial charge in [-0.05, 0) is 49.1 Å². The first-order valence-corrected chi connectivity index (χ1v) is 11.8. The van der Waals surface area contributed by atoms with Gasteiger partial charge < -0.3 is 9.88 Å². The van der Waals surface area contributed by atoms with E-state index in [0.29, 0.717) is 5.56 Å². The molecular weight excluding hydrogens is 414 g/mol. The van der Waals surface area contributed by atoms with Crippen LogP contribution in [0.4, 0.5) is 5.69 Å². The Morgan fingerprint density at radius 2 is 1.87 bits per heavy atom. The van der Waals surface area contributed by atoms with Gasteiger partial charge >= 0.3 is 0 Å². The van der Waals surface area contributed by atoms with Crippen LogP contribution in [-0.4, -0.2) is 29.1 Å². The number of aryl methyl sites for hydroxylation is 2. The topological polar surface area (TPSA) is 120 Å². The molecule has 0 saturated carbocycles. The third-order valence-electron chi connectivity index (χ3n) is 5.50. The third-order valence-corrected chi connectivity index (χ3v) is 6.43. The molecule has 1 aromatic heterocycles. The lowest BCUT2D eigenvalue weighted by Crippen LogP contribution is -2.16. The summed E-state index contributed by atoms with van der Waals surface area (Å²) in [6.45, 7) is 2.84. The number of rotatable bonds is 5. The minimum absolute atomic E-state index is 0.0210. The molecule has 1 amide bonds. The van der Waals surface area contributed by atoms with Crippen molar-refractivity contribution in [1.29, 1.82) is 0 Å². The highest BCUT2D eigenvalue weighted by Gasteiger charge is 2.17. The summed E-state index contributed by atoms with van der Waals surface area (Å²) in [6.07, 6.45) is 4.49. The van der Waals surface area contributed by atoms with E-state index in [1.165, 1.54) is 18.6 Å². The number of nitrogens with one attached hydrogen (secondary N) is 1. The number of carbonyl (C=O) groups is 1. The van der Waals surface area contributed by atoms with Gasteiger partial charge in [-0.3, -0.25) is 4.79 Å². The van der Waals surface area contributed by atoms with Crippen molar-refractivity contribution < 1.29 is 13.2 Å². The Kier molecular flexibility index (Phi) is 5.88. The highest BCUT2D eigenvalue weighted by Crippen LogP contribution is 2.27. The van der Waals surface area contributed by atoms with Crippen molar-refractivity contribution in [3.8, 4) is 11.4 Å². The van der Waals surface area contributed by atoms with E-state index in [1.54, 1.807) is 12.1 Å². The molecule has 1 aliphatic rings. The second-order valence-electron chi connectivity index (χ2n) is 7.85. The standard InChI is InChI=1S/C22H25N5O3S/c1-15-6-9-17(22-26-25-20-5-3-2-4-12-27(20)22)14-19(15)24-21(28)13-16-7-10-18(11-8-16)31(23,29)30/h6-11,14H,2-5,12-13H2,1H3,(H,24,28)(H2,23,29,30). The highest BCUT2D eigenvalue weighted by atomic mass is 32.2. The summed E-state index contributed by atoms with van der Waals surface area (Å²) in [7, 11) is -3.75. The van der Waals surface area contributed by atoms with Crippen LogP contribution in [0.15, 0.2) is 47.4 Å². The molecule has 0 spiro atoms. The Hall–Kier alpha value is -3.04. The molecule has 0 radical (unpaired) electrons. The maximum absolute atomic E-state index is 12.6. The van der Waals surface area contributed by atoms with E-state index in [9.17, 15) is 13.2 Å². The molecule has 2 aromatic carbocycles. The normalized spacial score (nSPS) is 14.0. The Morgan fingerprint density at radius 3 is 2.61 bits per heavy atom. The largest absolute Gasteiger partial charge is 0.326 e. The number of fused-ring (bicyclic) bond motifs is 1. The van der Waals surface area contributed by atoms with E-state index in [1.807, 2.05) is 25.1 Å². The first-order valence-electron chi connectivity index (χ1n) is 10.3. The molecule has 0 aliphatic carbocycles. The van der Waals surface area contributed by atoms with Crippen molar-refractivity contribution in [1.82, 2.24) is 14.8 Å². The van der Waals surface area contributed by atoms with E-state index in [0.717, 1.165) is 54.3 Å². The predicted molar refractivity (Wildman–Crippen MR) is 118 cm³/mol. The van der Waals surface area contributed by atoms with Gasteiger partial charge in [0.25, 0.3) is 0 Å². The van der Waals surface area contributed by atoms with Crippen LogP contribution in [-0.2, 0) is 34.2 Å². The van der Waals surface area contributed by atoms with Crippen LogP contribution >= 0.6 is 0 Å². The molecule has 0 fully saturated rings. The molecule has 162 valence electrons. The second kappa shape index (κ2) is 8.60. The Morgan fingerprint density at radius 1 is 1.10 bits per heavy atom. The average Bonchev–Trinajstić information content (AvgIpc) is 2.97. The van der Waals surface area contributed by atoms with Crippen molar-refractivity contribution in [2.45, 2.75) is 50.5 Å². The quantitative estimate of drug-likeness (QED) is 0.633. The number of carbonyl (C=O) groups excluding carboxylic acids is 1. The molecule has 0 saturated heterocycles. The van der Waals surface area contributed by atoms with Crippen LogP contribution in [0.5, 0.6) is 0 Å². The predicted octanol–water partition coefficient (Wildman–Crippen LogP) is 2.81. The molecule has 0 unspecified atom stereocenters. The summed E-state index contributed by atoms with van der Waals surface area (Å²) in [6, 6.07) is 11.9. The van der Waals surface area contributed by atoms with Crippen LogP contribution in [0.25, 0.3) is 11.4 Å². The van der Waals surface area contributed by atoms with Gasteiger partial charge in [0.2, 0.25) is 15.9 Å². The Balaban J connectivity index is 1.52. The number of sulfonamides is 1. The number of aromatic nitrogens is 3. The Labute approximate surface area is 181 Å². The van der Waals surface area contributed by atoms with Crippen molar-refractivity contribution in [3.63, 3.8) is 0 Å². The van der Waals surface area contributed by atoms with E-state index in [4.69, 9.17) is 5.14 Å². The first kappa shape index (κ1) is 21.2. The molecule has 31 heavy (non-hydrogen) atoms. The summed E-state index contributed by atoms with van der Waals surface area (Å²) >= 11 is 0. The number of benzene rings is 2. The fourth-order valence-electron chi connectivity index (χ4n) is 3.77. The van der Waals surface area contributed by atoms with Gasteiger partial charge in [-0.2, -0.15) is 0 Å². The minimum atomic E-state index is -3.75. The van der Waals surface area contributed by atoms with Crippen molar-refractivity contribution >= 4 is 21.6 Å². The SMILES string of the molecule is Cc1ccc(-c2nnc3n2CCCCC3)cc1NC(=O)Cc1ccc(S(N)(=O)=O)cc1. The lowest BCUT2D eigenvalue weighted by Gasteiger charge is -2.12. The van der Waals surface area contributed by atoms with Gasteiger partial charge in [0.05, 0.1) is 11.3 Å². The minimum Gasteiger partial charge on any atom is -0.326 e. The van der Waals surface area contributed by atoms with E-state index in [-0.39, 0.29) is 17.2 Å². The Bertz CT molecular complexity index is 1220. The summed E-state index contributed by atoms with van der Waals surface area (Å²) in [4.78, 5) is 12.6. The zero-order valence-electron chi connectivity index (χ0n) is 17.3. The summed E-state index contributed by atoms with van der Waals surface area (Å²) in [5.41, 5.74) is 3.27. The number of hydrogen-bond donors (Lipinski definition) is 2. The molecule has 3 aromatic rings. The second-order valence-corrected chi connectivity index (χ2v) is 9.41. The molecule has 0 bridgehead atoms. The maximum atomic E-state index is 12.6. The number of anilines is 1. The van der Waals surface area contributed by atoms with Gasteiger partial charge in [-0.25, -0.2) is 13.6 Å². The van der Waals surface area contributed by atoms with Crippen molar-refractivity contribution in [3.05, 3.63) is 59.4 Å². The molecule has 1 aliphatic heterocycles. The number of primary sulfonamides is 1. The fraction of sp³-hybridized carbons (Fsp3) is 0.318. The van der Waals surface area contributed by atoms with Gasteiger partial charge in [-0.15, -0.1) is 10.2 Å². The van der Waals surface area contributed by atoms with E-state index < -0.39 is 10.0 Å². The van der Waals surface area contributed by atoms with Crippen LogP contribution in [0.2, 0.25) is 0 Å². The highest BCUT2D eigenvalue weighted by molar-refractivity contribution is 7.89. The number of nitrogens with two attached hydrogens (primary N) is 1. The van der Waals surface area contributed by atoms with Crippen LogP contribution in [0.3, 0.4) is 0 Å². The van der Waals surface area contributed by atoms with Gasteiger partial charge in [0, 0.05) is 24.2 Å². The van der Waals surface area contributed by atoms with Crippen LogP contribution in [0, 0.1) is 6.92 Å². The van der Waals surface area contributed by atoms with E-state index in [2.05, 4.69) is 20.1 Å². The molecule has 2 heterocycles. The smallest absolute Gasteiger partial charge is 0.238 e. The molecule has 0 atom stereocenters. The molecular formula is C22H25N5O3S. The number of hydrogen-bond acceptors (Lipinski definition) is 5. The fourth-order valence-corrected chi connectivity index (χ4v) is 4.29. The zero-order valence-corrected chi connectivity index (χ0v) is 18.2. The first-order chi connectivity index (χ1) is 14.8. The van der Waals surface area contributed by atoms with Crippen LogP contribution < -0.4 is 10.5 Å². The average molecular weight is 440 g/mol. The van der Waals surface area contributed by atoms with E-state index >= 15 is 0 Å². The lowest BCUT2D eigenvalue weighted by atomic mass is 10.1.